The van der Waals surface area contributed by atoms with E-state index in [1.54, 1.807) is 0 Å². The SMILES string of the molecule is Cc1cc(NC(=O)C2(C(=O)O)CCCO2)cc(-c2ccccc2)c1. The van der Waals surface area contributed by atoms with Gasteiger partial charge in [-0.15, -0.1) is 0 Å². The van der Waals surface area contributed by atoms with Crippen LogP contribution in [0.25, 0.3) is 11.1 Å². The molecule has 2 aromatic carbocycles. The minimum Gasteiger partial charge on any atom is -0.479 e. The number of carboxylic acid groups (broad SMARTS) is 1. The molecule has 24 heavy (non-hydrogen) atoms. The summed E-state index contributed by atoms with van der Waals surface area (Å²) in [6.07, 6.45) is 0.744. The summed E-state index contributed by atoms with van der Waals surface area (Å²) in [4.78, 5) is 24.0. The van der Waals surface area contributed by atoms with E-state index >= 15 is 0 Å². The number of carbonyl (C=O) groups is 2. The summed E-state index contributed by atoms with van der Waals surface area (Å²) < 4.78 is 5.27. The molecule has 3 rings (SSSR count). The van der Waals surface area contributed by atoms with Gasteiger partial charge in [-0.05, 0) is 48.6 Å². The summed E-state index contributed by atoms with van der Waals surface area (Å²) >= 11 is 0. The van der Waals surface area contributed by atoms with E-state index in [1.807, 2.05) is 55.5 Å². The molecule has 5 heteroatoms. The molecule has 1 aliphatic rings. The quantitative estimate of drug-likeness (QED) is 0.846. The zero-order valence-electron chi connectivity index (χ0n) is 13.4. The Morgan fingerprint density at radius 1 is 1.12 bits per heavy atom. The van der Waals surface area contributed by atoms with Gasteiger partial charge in [-0.3, -0.25) is 4.79 Å². The lowest BCUT2D eigenvalue weighted by Crippen LogP contribution is -2.49. The summed E-state index contributed by atoms with van der Waals surface area (Å²) in [5.74, 6) is -1.87. The monoisotopic (exact) mass is 325 g/mol. The molecule has 0 aromatic heterocycles. The lowest BCUT2D eigenvalue weighted by atomic mass is 9.98. The van der Waals surface area contributed by atoms with Crippen LogP contribution in [0.2, 0.25) is 0 Å². The Balaban J connectivity index is 1.89. The van der Waals surface area contributed by atoms with Gasteiger partial charge in [0.15, 0.2) is 0 Å². The van der Waals surface area contributed by atoms with Crippen molar-refractivity contribution in [3.8, 4) is 11.1 Å². The molecule has 1 heterocycles. The third-order valence-electron chi connectivity index (χ3n) is 4.18. The third kappa shape index (κ3) is 3.03. The average Bonchev–Trinajstić information content (AvgIpc) is 3.06. The number of ether oxygens (including phenoxy) is 1. The maximum absolute atomic E-state index is 12.5. The molecule has 1 unspecified atom stereocenters. The Bertz CT molecular complexity index is 764. The number of hydrogen-bond donors (Lipinski definition) is 2. The van der Waals surface area contributed by atoms with Crippen molar-refractivity contribution in [3.05, 3.63) is 54.1 Å². The first kappa shape index (κ1) is 16.2. The minimum atomic E-state index is -1.78. The van der Waals surface area contributed by atoms with Gasteiger partial charge in [0.2, 0.25) is 5.60 Å². The Hall–Kier alpha value is -2.66. The van der Waals surface area contributed by atoms with Crippen LogP contribution in [-0.2, 0) is 14.3 Å². The van der Waals surface area contributed by atoms with E-state index in [9.17, 15) is 14.7 Å². The predicted molar refractivity (Wildman–Crippen MR) is 90.8 cm³/mol. The number of aryl methyl sites for hydroxylation is 1. The van der Waals surface area contributed by atoms with Crippen LogP contribution >= 0.6 is 0 Å². The van der Waals surface area contributed by atoms with Crippen molar-refractivity contribution in [2.45, 2.75) is 25.4 Å². The molecule has 0 radical (unpaired) electrons. The second-order valence-electron chi connectivity index (χ2n) is 5.99. The highest BCUT2D eigenvalue weighted by Crippen LogP contribution is 2.29. The Morgan fingerprint density at radius 3 is 2.50 bits per heavy atom. The van der Waals surface area contributed by atoms with Gasteiger partial charge in [0, 0.05) is 12.3 Å². The molecule has 0 bridgehead atoms. The predicted octanol–water partition coefficient (Wildman–Crippen LogP) is 3.23. The van der Waals surface area contributed by atoms with Crippen molar-refractivity contribution in [1.82, 2.24) is 0 Å². The summed E-state index contributed by atoms with van der Waals surface area (Å²) in [7, 11) is 0. The first-order valence-corrected chi connectivity index (χ1v) is 7.87. The molecule has 1 saturated heterocycles. The Kier molecular flexibility index (Phi) is 4.36. The molecule has 0 saturated carbocycles. The van der Waals surface area contributed by atoms with Gasteiger partial charge in [-0.1, -0.05) is 36.4 Å². The summed E-state index contributed by atoms with van der Waals surface area (Å²) in [6.45, 7) is 2.21. The maximum atomic E-state index is 12.5. The molecule has 1 aliphatic heterocycles. The highest BCUT2D eigenvalue weighted by molar-refractivity contribution is 6.11. The molecular weight excluding hydrogens is 306 g/mol. The van der Waals surface area contributed by atoms with Crippen LogP contribution in [0, 0.1) is 6.92 Å². The topological polar surface area (TPSA) is 75.6 Å². The Labute approximate surface area is 140 Å². The molecule has 2 N–H and O–H groups in total. The number of carboxylic acids is 1. The first-order valence-electron chi connectivity index (χ1n) is 7.87. The van der Waals surface area contributed by atoms with Gasteiger partial charge in [0.1, 0.15) is 0 Å². The van der Waals surface area contributed by atoms with Gasteiger partial charge in [0.05, 0.1) is 0 Å². The van der Waals surface area contributed by atoms with Crippen LogP contribution in [0.3, 0.4) is 0 Å². The highest BCUT2D eigenvalue weighted by Gasteiger charge is 2.50. The van der Waals surface area contributed by atoms with E-state index in [1.165, 1.54) is 0 Å². The first-order chi connectivity index (χ1) is 11.5. The lowest BCUT2D eigenvalue weighted by molar-refractivity contribution is -0.165. The van der Waals surface area contributed by atoms with Crippen LogP contribution in [-0.4, -0.2) is 29.2 Å². The molecule has 5 nitrogen and oxygen atoms in total. The van der Waals surface area contributed by atoms with Gasteiger partial charge in [-0.25, -0.2) is 4.79 Å². The van der Waals surface area contributed by atoms with Crippen molar-refractivity contribution in [3.63, 3.8) is 0 Å². The number of nitrogens with one attached hydrogen (secondary N) is 1. The molecule has 1 atom stereocenters. The number of carbonyl (C=O) groups excluding carboxylic acids is 1. The van der Waals surface area contributed by atoms with Gasteiger partial charge < -0.3 is 15.2 Å². The van der Waals surface area contributed by atoms with Gasteiger partial charge >= 0.3 is 5.97 Å². The molecule has 1 amide bonds. The van der Waals surface area contributed by atoms with Crippen molar-refractivity contribution in [1.29, 1.82) is 0 Å². The van der Waals surface area contributed by atoms with Gasteiger partial charge in [0.25, 0.3) is 5.91 Å². The molecular formula is C19H19NO4. The molecule has 0 aliphatic carbocycles. The van der Waals surface area contributed by atoms with Crippen molar-refractivity contribution in [2.75, 3.05) is 11.9 Å². The van der Waals surface area contributed by atoms with Crippen molar-refractivity contribution in [2.24, 2.45) is 0 Å². The molecule has 2 aromatic rings. The molecule has 0 spiro atoms. The number of benzene rings is 2. The van der Waals surface area contributed by atoms with Crippen LogP contribution < -0.4 is 5.32 Å². The average molecular weight is 325 g/mol. The fourth-order valence-corrected chi connectivity index (χ4v) is 2.97. The van der Waals surface area contributed by atoms with Crippen molar-refractivity contribution < 1.29 is 19.4 Å². The minimum absolute atomic E-state index is 0.186. The van der Waals surface area contributed by atoms with Crippen LogP contribution in [0.5, 0.6) is 0 Å². The second-order valence-corrected chi connectivity index (χ2v) is 5.99. The normalized spacial score (nSPS) is 19.9. The van der Waals surface area contributed by atoms with E-state index in [0.717, 1.165) is 16.7 Å². The number of rotatable bonds is 4. The van der Waals surface area contributed by atoms with Crippen molar-refractivity contribution >= 4 is 17.6 Å². The van der Waals surface area contributed by atoms with E-state index in [0.29, 0.717) is 12.1 Å². The lowest BCUT2D eigenvalue weighted by Gasteiger charge is -2.22. The fraction of sp³-hybridized carbons (Fsp3) is 0.263. The highest BCUT2D eigenvalue weighted by atomic mass is 16.5. The van der Waals surface area contributed by atoms with E-state index in [2.05, 4.69) is 5.32 Å². The van der Waals surface area contributed by atoms with Crippen LogP contribution in [0.1, 0.15) is 18.4 Å². The standard InChI is InChI=1S/C19H19NO4/c1-13-10-15(14-6-3-2-4-7-14)12-16(11-13)20-17(21)19(18(22)23)8-5-9-24-19/h2-4,6-7,10-12H,5,8-9H2,1H3,(H,20,21)(H,22,23). The zero-order chi connectivity index (χ0) is 17.2. The van der Waals surface area contributed by atoms with E-state index in [-0.39, 0.29) is 13.0 Å². The number of aliphatic carboxylic acids is 1. The smallest absolute Gasteiger partial charge is 0.345 e. The molecule has 124 valence electrons. The largest absolute Gasteiger partial charge is 0.479 e. The van der Waals surface area contributed by atoms with E-state index < -0.39 is 17.5 Å². The zero-order valence-corrected chi connectivity index (χ0v) is 13.4. The number of amides is 1. The number of anilines is 1. The third-order valence-corrected chi connectivity index (χ3v) is 4.18. The number of hydrogen-bond acceptors (Lipinski definition) is 3. The summed E-state index contributed by atoms with van der Waals surface area (Å²) in [5, 5.41) is 12.1. The van der Waals surface area contributed by atoms with Crippen LogP contribution in [0.15, 0.2) is 48.5 Å². The van der Waals surface area contributed by atoms with E-state index in [4.69, 9.17) is 4.74 Å². The second kappa shape index (κ2) is 6.45. The van der Waals surface area contributed by atoms with Crippen LogP contribution in [0.4, 0.5) is 5.69 Å². The fourth-order valence-electron chi connectivity index (χ4n) is 2.97. The molecule has 1 fully saturated rings. The van der Waals surface area contributed by atoms with Gasteiger partial charge in [-0.2, -0.15) is 0 Å². The summed E-state index contributed by atoms with van der Waals surface area (Å²) in [6, 6.07) is 15.5. The maximum Gasteiger partial charge on any atom is 0.345 e. The summed E-state index contributed by atoms with van der Waals surface area (Å²) in [5.41, 5.74) is 1.75. The Morgan fingerprint density at radius 2 is 1.88 bits per heavy atom.